The van der Waals surface area contributed by atoms with Gasteiger partial charge in [-0.1, -0.05) is 5.16 Å². The van der Waals surface area contributed by atoms with E-state index in [4.69, 9.17) is 22.6 Å². The summed E-state index contributed by atoms with van der Waals surface area (Å²) in [4.78, 5) is 0. The first-order valence-electron chi connectivity index (χ1n) is 5.47. The Morgan fingerprint density at radius 2 is 1.55 bits per heavy atom. The maximum atomic E-state index is 12.5. The van der Waals surface area contributed by atoms with Gasteiger partial charge in [-0.3, -0.25) is 9.13 Å². The molecule has 0 unspecified atom stereocenters. The molecule has 1 aromatic heterocycles. The third-order valence-electron chi connectivity index (χ3n) is 2.52. The highest BCUT2D eigenvalue weighted by atomic mass is 31.2. The third kappa shape index (κ3) is 3.49. The average Bonchev–Trinajstić information content (AvgIpc) is 2.88. The van der Waals surface area contributed by atoms with Crippen LogP contribution in [0.5, 0.6) is 0 Å². The molecular formula is C9H18N2O7P2. The molecule has 1 aromatic rings. The van der Waals surface area contributed by atoms with Gasteiger partial charge < -0.3 is 27.9 Å². The molecule has 0 radical (unpaired) electrons. The van der Waals surface area contributed by atoms with Gasteiger partial charge >= 0.3 is 15.2 Å². The van der Waals surface area contributed by atoms with Crippen molar-refractivity contribution >= 4 is 21.0 Å². The SMILES string of the molecule is COP(=O)(OC)C(Nc1cc(C)on1)P(=O)(OC)OC. The molecule has 1 N–H and O–H groups in total. The topological polar surface area (TPSA) is 109 Å². The van der Waals surface area contributed by atoms with Crippen LogP contribution < -0.4 is 5.32 Å². The Labute approximate surface area is 117 Å². The molecule has 20 heavy (non-hydrogen) atoms. The summed E-state index contributed by atoms with van der Waals surface area (Å²) in [6.07, 6.45) is 0. The van der Waals surface area contributed by atoms with Gasteiger partial charge in [-0.05, 0) is 6.92 Å². The molecule has 1 heterocycles. The second kappa shape index (κ2) is 6.85. The molecule has 0 saturated carbocycles. The smallest absolute Gasteiger partial charge is 0.360 e. The molecule has 0 atom stereocenters. The van der Waals surface area contributed by atoms with E-state index >= 15 is 0 Å². The molecule has 9 nitrogen and oxygen atoms in total. The lowest BCUT2D eigenvalue weighted by Crippen LogP contribution is -2.23. The van der Waals surface area contributed by atoms with E-state index in [-0.39, 0.29) is 5.82 Å². The van der Waals surface area contributed by atoms with Gasteiger partial charge in [0.1, 0.15) is 5.76 Å². The molecule has 116 valence electrons. The minimum absolute atomic E-state index is 0.205. The van der Waals surface area contributed by atoms with Gasteiger partial charge in [0.25, 0.3) is 0 Å². The predicted molar refractivity (Wildman–Crippen MR) is 71.9 cm³/mol. The zero-order valence-corrected chi connectivity index (χ0v) is 13.6. The fraction of sp³-hybridized carbons (Fsp3) is 0.667. The Balaban J connectivity index is 3.20. The van der Waals surface area contributed by atoms with Gasteiger partial charge in [-0.2, -0.15) is 0 Å². The van der Waals surface area contributed by atoms with Crippen LogP contribution in [0.1, 0.15) is 5.76 Å². The Morgan fingerprint density at radius 3 is 1.85 bits per heavy atom. The minimum atomic E-state index is -3.81. The van der Waals surface area contributed by atoms with Crippen molar-refractivity contribution < 1.29 is 31.7 Å². The van der Waals surface area contributed by atoms with E-state index in [0.717, 1.165) is 0 Å². The van der Waals surface area contributed by atoms with Crippen LogP contribution in [-0.2, 0) is 27.2 Å². The number of nitrogens with one attached hydrogen (secondary N) is 1. The summed E-state index contributed by atoms with van der Waals surface area (Å²) in [5, 5.41) is 6.32. The molecular weight excluding hydrogens is 310 g/mol. The second-order valence-corrected chi connectivity index (χ2v) is 8.71. The maximum Gasteiger partial charge on any atom is 0.364 e. The van der Waals surface area contributed by atoms with Crippen LogP contribution in [0.15, 0.2) is 10.6 Å². The highest BCUT2D eigenvalue weighted by Gasteiger charge is 2.50. The van der Waals surface area contributed by atoms with E-state index < -0.39 is 20.7 Å². The first-order valence-corrected chi connectivity index (χ1v) is 8.69. The van der Waals surface area contributed by atoms with Gasteiger partial charge in [0.2, 0.25) is 5.52 Å². The molecule has 0 fully saturated rings. The van der Waals surface area contributed by atoms with E-state index in [1.807, 2.05) is 0 Å². The lowest BCUT2D eigenvalue weighted by molar-refractivity contribution is 0.250. The highest BCUT2D eigenvalue weighted by molar-refractivity contribution is 7.72. The van der Waals surface area contributed by atoms with Crippen LogP contribution in [0.2, 0.25) is 0 Å². The summed E-state index contributed by atoms with van der Waals surface area (Å²) < 4.78 is 49.4. The number of aromatic nitrogens is 1. The summed E-state index contributed by atoms with van der Waals surface area (Å²) in [6, 6.07) is 1.53. The van der Waals surface area contributed by atoms with Gasteiger partial charge in [0.05, 0.1) is 0 Å². The number of nitrogens with zero attached hydrogens (tertiary/aromatic N) is 1. The van der Waals surface area contributed by atoms with Crippen molar-refractivity contribution in [2.75, 3.05) is 33.8 Å². The van der Waals surface area contributed by atoms with Gasteiger partial charge in [0, 0.05) is 34.5 Å². The van der Waals surface area contributed by atoms with Gasteiger partial charge in [-0.15, -0.1) is 0 Å². The molecule has 0 saturated heterocycles. The number of hydrogen-bond donors (Lipinski definition) is 1. The fourth-order valence-corrected chi connectivity index (χ4v) is 5.64. The molecule has 0 amide bonds. The molecule has 1 rings (SSSR count). The standard InChI is InChI=1S/C9H18N2O7P2/c1-7-6-8(11-18-7)10-9(19(12,14-2)15-3)20(13,16-4)17-5/h6,9H,1-5H3,(H,10,11). The van der Waals surface area contributed by atoms with Crippen molar-refractivity contribution in [3.8, 4) is 0 Å². The summed E-state index contributed by atoms with van der Waals surface area (Å²) in [5.41, 5.74) is -1.38. The van der Waals surface area contributed by atoms with Crippen molar-refractivity contribution in [2.45, 2.75) is 12.4 Å². The number of anilines is 1. The fourth-order valence-electron chi connectivity index (χ4n) is 1.45. The van der Waals surface area contributed by atoms with E-state index in [0.29, 0.717) is 5.76 Å². The third-order valence-corrected chi connectivity index (χ3v) is 7.71. The molecule has 0 aliphatic carbocycles. The predicted octanol–water partition coefficient (Wildman–Crippen LogP) is 2.65. The zero-order valence-electron chi connectivity index (χ0n) is 11.9. The van der Waals surface area contributed by atoms with Crippen LogP contribution >= 0.6 is 15.2 Å². The summed E-state index contributed by atoms with van der Waals surface area (Å²) in [7, 11) is -2.94. The first-order chi connectivity index (χ1) is 9.35. The molecule has 0 bridgehead atoms. The molecule has 0 aliphatic rings. The number of hydrogen-bond acceptors (Lipinski definition) is 9. The zero-order chi connectivity index (χ0) is 15.4. The van der Waals surface area contributed by atoms with Gasteiger partial charge in [-0.25, -0.2) is 0 Å². The Kier molecular flexibility index (Phi) is 5.94. The van der Waals surface area contributed by atoms with E-state index in [1.165, 1.54) is 34.5 Å². The van der Waals surface area contributed by atoms with Crippen molar-refractivity contribution in [2.24, 2.45) is 0 Å². The van der Waals surface area contributed by atoms with Crippen molar-refractivity contribution in [1.82, 2.24) is 5.16 Å². The van der Waals surface area contributed by atoms with Crippen LogP contribution in [0.25, 0.3) is 0 Å². The summed E-state index contributed by atoms with van der Waals surface area (Å²) in [6.45, 7) is 1.67. The van der Waals surface area contributed by atoms with Gasteiger partial charge in [0.15, 0.2) is 5.82 Å². The van der Waals surface area contributed by atoms with E-state index in [1.54, 1.807) is 6.92 Å². The van der Waals surface area contributed by atoms with Crippen LogP contribution in [-0.4, -0.2) is 39.1 Å². The normalized spacial score (nSPS) is 12.9. The molecule has 0 aliphatic heterocycles. The van der Waals surface area contributed by atoms with Crippen molar-refractivity contribution in [1.29, 1.82) is 0 Å². The Bertz CT molecular complexity index is 490. The first kappa shape index (κ1) is 17.4. The number of rotatable bonds is 8. The van der Waals surface area contributed by atoms with Crippen LogP contribution in [0.3, 0.4) is 0 Å². The monoisotopic (exact) mass is 328 g/mol. The lowest BCUT2D eigenvalue weighted by Gasteiger charge is -2.29. The Morgan fingerprint density at radius 1 is 1.10 bits per heavy atom. The molecule has 11 heteroatoms. The van der Waals surface area contributed by atoms with Crippen LogP contribution in [0.4, 0.5) is 5.82 Å². The largest absolute Gasteiger partial charge is 0.364 e. The maximum absolute atomic E-state index is 12.5. The van der Waals surface area contributed by atoms with Crippen LogP contribution in [0, 0.1) is 6.92 Å². The second-order valence-electron chi connectivity index (χ2n) is 3.65. The Hall–Kier alpha value is -0.690. The minimum Gasteiger partial charge on any atom is -0.360 e. The highest BCUT2D eigenvalue weighted by Crippen LogP contribution is 2.68. The van der Waals surface area contributed by atoms with Crippen molar-refractivity contribution in [3.63, 3.8) is 0 Å². The lowest BCUT2D eigenvalue weighted by atomic mass is 10.5. The quantitative estimate of drug-likeness (QED) is 0.720. The average molecular weight is 328 g/mol. The van der Waals surface area contributed by atoms with E-state index in [9.17, 15) is 9.13 Å². The van der Waals surface area contributed by atoms with Crippen molar-refractivity contribution in [3.05, 3.63) is 11.8 Å². The van der Waals surface area contributed by atoms with E-state index in [2.05, 4.69) is 10.5 Å². The molecule has 0 spiro atoms. The summed E-state index contributed by atoms with van der Waals surface area (Å²) in [5.74, 6) is 0.719. The molecule has 0 aromatic carbocycles. The summed E-state index contributed by atoms with van der Waals surface area (Å²) >= 11 is 0. The number of aryl methyl sites for hydroxylation is 1.